The molecule has 0 radical (unpaired) electrons. The van der Waals surface area contributed by atoms with Crippen molar-refractivity contribution in [2.45, 2.75) is 24.9 Å². The first kappa shape index (κ1) is 23.4. The van der Waals surface area contributed by atoms with Crippen molar-refractivity contribution in [1.29, 1.82) is 0 Å². The topological polar surface area (TPSA) is 130 Å². The number of nitrogens with two attached hydrogens (primary N) is 1. The van der Waals surface area contributed by atoms with E-state index in [1.54, 1.807) is 15.6 Å². The number of amides is 1. The van der Waals surface area contributed by atoms with Crippen molar-refractivity contribution < 1.29 is 15.0 Å². The van der Waals surface area contributed by atoms with Gasteiger partial charge in [-0.2, -0.15) is 9.61 Å². The van der Waals surface area contributed by atoms with Crippen LogP contribution in [0.4, 0.5) is 5.82 Å². The van der Waals surface area contributed by atoms with E-state index in [0.29, 0.717) is 41.9 Å². The molecule has 4 aromatic rings. The van der Waals surface area contributed by atoms with E-state index in [1.807, 2.05) is 48.7 Å². The molecule has 35 heavy (non-hydrogen) atoms. The van der Waals surface area contributed by atoms with Crippen LogP contribution < -0.4 is 5.73 Å². The number of anilines is 1. The molecule has 1 aliphatic heterocycles. The second-order valence-corrected chi connectivity index (χ2v) is 9.38. The number of aromatic nitrogens is 4. The van der Waals surface area contributed by atoms with Crippen LogP contribution in [0.3, 0.4) is 0 Å². The molecule has 0 saturated carbocycles. The molecule has 5 rings (SSSR count). The second kappa shape index (κ2) is 9.73. The van der Waals surface area contributed by atoms with Gasteiger partial charge in [-0.1, -0.05) is 36.4 Å². The van der Waals surface area contributed by atoms with Crippen molar-refractivity contribution in [3.05, 3.63) is 65.0 Å². The molecule has 0 unspecified atom stereocenters. The highest BCUT2D eigenvalue weighted by atomic mass is 79.9. The van der Waals surface area contributed by atoms with E-state index in [0.717, 1.165) is 28.1 Å². The third kappa shape index (κ3) is 4.40. The fourth-order valence-corrected chi connectivity index (χ4v) is 5.06. The molecule has 0 spiro atoms. The Hall–Kier alpha value is -3.34. The van der Waals surface area contributed by atoms with Gasteiger partial charge in [-0.3, -0.25) is 9.78 Å². The number of benzene rings is 1. The number of aliphatic hydroxyl groups excluding tert-OH is 2. The summed E-state index contributed by atoms with van der Waals surface area (Å²) in [5, 5.41) is 23.2. The lowest BCUT2D eigenvalue weighted by molar-refractivity contribution is -0.143. The van der Waals surface area contributed by atoms with Gasteiger partial charge >= 0.3 is 0 Å². The number of carbonyl (C=O) groups is 1. The summed E-state index contributed by atoms with van der Waals surface area (Å²) >= 11 is 3.60. The number of hydrogen-bond acceptors (Lipinski definition) is 7. The molecule has 1 aliphatic rings. The lowest BCUT2D eigenvalue weighted by Crippen LogP contribution is -2.44. The lowest BCUT2D eigenvalue weighted by Gasteiger charge is -2.33. The molecule has 0 aliphatic carbocycles. The monoisotopic (exact) mass is 536 g/mol. The van der Waals surface area contributed by atoms with Crippen molar-refractivity contribution in [3.8, 4) is 22.4 Å². The van der Waals surface area contributed by atoms with Crippen LogP contribution in [0.5, 0.6) is 0 Å². The molecular weight excluding hydrogens is 512 g/mol. The van der Waals surface area contributed by atoms with Gasteiger partial charge in [-0.25, -0.2) is 4.98 Å². The summed E-state index contributed by atoms with van der Waals surface area (Å²) in [6.45, 7) is 0.359. The van der Waals surface area contributed by atoms with Crippen molar-refractivity contribution in [2.75, 3.05) is 25.4 Å². The zero-order valence-electron chi connectivity index (χ0n) is 18.9. The van der Waals surface area contributed by atoms with Gasteiger partial charge in [0.25, 0.3) is 5.91 Å². The Morgan fingerprint density at radius 1 is 1.11 bits per heavy atom. The zero-order valence-corrected chi connectivity index (χ0v) is 20.5. The van der Waals surface area contributed by atoms with E-state index in [4.69, 9.17) is 15.8 Å². The minimum Gasteiger partial charge on any atom is -0.393 e. The zero-order chi connectivity index (χ0) is 24.5. The van der Waals surface area contributed by atoms with Gasteiger partial charge in [0.2, 0.25) is 0 Å². The van der Waals surface area contributed by atoms with Gasteiger partial charge in [-0.15, -0.1) is 0 Å². The molecular formula is C25H25BrN6O3. The maximum atomic E-state index is 12.2. The Labute approximate surface area is 210 Å². The van der Waals surface area contributed by atoms with Gasteiger partial charge < -0.3 is 20.8 Å². The molecule has 0 bridgehead atoms. The maximum absolute atomic E-state index is 12.2. The number of likely N-dealkylation sites (tertiary alicyclic amines) is 1. The van der Waals surface area contributed by atoms with E-state index in [1.165, 1.54) is 0 Å². The van der Waals surface area contributed by atoms with Crippen molar-refractivity contribution >= 4 is 33.3 Å². The highest BCUT2D eigenvalue weighted by Crippen LogP contribution is 2.37. The third-order valence-corrected chi connectivity index (χ3v) is 7.26. The molecule has 1 fully saturated rings. The smallest absolute Gasteiger partial charge is 0.253 e. The number of rotatable bonds is 5. The predicted molar refractivity (Wildman–Crippen MR) is 135 cm³/mol. The SMILES string of the molecule is Nc1c(Br)c(C2CCN(C(=O)[C@H](O)CO)CC2)nc2c(-c3ccc(-c4ccccc4)nc3)cnn12. The molecule has 3 aromatic heterocycles. The first-order chi connectivity index (χ1) is 17.0. The Kier molecular flexibility index (Phi) is 6.50. The number of fused-ring (bicyclic) bond motifs is 1. The van der Waals surface area contributed by atoms with E-state index in [9.17, 15) is 9.90 Å². The van der Waals surface area contributed by atoms with E-state index in [-0.39, 0.29) is 5.92 Å². The largest absolute Gasteiger partial charge is 0.393 e. The standard InChI is InChI=1S/C25H25BrN6O3/c26-21-22(16-8-10-31(11-9-16)25(35)20(34)14-33)30-24-18(13-29-32(24)23(21)27)17-6-7-19(28-12-17)15-4-2-1-3-5-15/h1-7,12-13,16,20,33-34H,8-11,14,27H2/t20-/m1/s1. The molecule has 1 atom stereocenters. The minimum atomic E-state index is -1.38. The molecule has 1 saturated heterocycles. The fraction of sp³-hybridized carbons (Fsp3) is 0.280. The number of pyridine rings is 1. The number of carbonyl (C=O) groups excluding carboxylic acids is 1. The van der Waals surface area contributed by atoms with Gasteiger partial charge in [0, 0.05) is 41.9 Å². The quantitative estimate of drug-likeness (QED) is 0.357. The number of piperidine rings is 1. The van der Waals surface area contributed by atoms with E-state index < -0.39 is 18.6 Å². The number of aliphatic hydroxyl groups is 2. The Bertz CT molecular complexity index is 1350. The van der Waals surface area contributed by atoms with Crippen LogP contribution in [-0.4, -0.2) is 66.4 Å². The number of nitrogen functional groups attached to an aromatic ring is 1. The van der Waals surface area contributed by atoms with Gasteiger partial charge in [0.05, 0.1) is 28.7 Å². The third-order valence-electron chi connectivity index (χ3n) is 6.44. The average Bonchev–Trinajstić information content (AvgIpc) is 3.34. The molecule has 4 heterocycles. The van der Waals surface area contributed by atoms with Gasteiger partial charge in [-0.05, 0) is 34.8 Å². The Morgan fingerprint density at radius 2 is 1.86 bits per heavy atom. The Morgan fingerprint density at radius 3 is 2.51 bits per heavy atom. The average molecular weight is 537 g/mol. The molecule has 10 heteroatoms. The lowest BCUT2D eigenvalue weighted by atomic mass is 9.92. The summed E-state index contributed by atoms with van der Waals surface area (Å²) in [7, 11) is 0. The highest BCUT2D eigenvalue weighted by molar-refractivity contribution is 9.10. The van der Waals surface area contributed by atoms with Crippen LogP contribution in [0.15, 0.2) is 59.3 Å². The Balaban J connectivity index is 1.44. The normalized spacial score (nSPS) is 15.5. The number of hydrogen-bond donors (Lipinski definition) is 3. The highest BCUT2D eigenvalue weighted by Gasteiger charge is 2.30. The summed E-state index contributed by atoms with van der Waals surface area (Å²) in [5.41, 5.74) is 11.5. The van der Waals surface area contributed by atoms with E-state index >= 15 is 0 Å². The first-order valence-corrected chi connectivity index (χ1v) is 12.2. The summed E-state index contributed by atoms with van der Waals surface area (Å²) in [6.07, 6.45) is 3.52. The van der Waals surface area contributed by atoms with Crippen LogP contribution in [0.2, 0.25) is 0 Å². The van der Waals surface area contributed by atoms with Crippen molar-refractivity contribution in [3.63, 3.8) is 0 Å². The summed E-state index contributed by atoms with van der Waals surface area (Å²) in [6, 6.07) is 14.0. The fourth-order valence-electron chi connectivity index (χ4n) is 4.48. The van der Waals surface area contributed by atoms with E-state index in [2.05, 4.69) is 26.0 Å². The van der Waals surface area contributed by atoms with Crippen LogP contribution in [0.1, 0.15) is 24.5 Å². The molecule has 1 amide bonds. The molecule has 9 nitrogen and oxygen atoms in total. The van der Waals surface area contributed by atoms with Crippen molar-refractivity contribution in [1.82, 2.24) is 24.5 Å². The summed E-state index contributed by atoms with van der Waals surface area (Å²) < 4.78 is 2.31. The van der Waals surface area contributed by atoms with Gasteiger partial charge in [0.15, 0.2) is 11.8 Å². The molecule has 1 aromatic carbocycles. The number of nitrogens with zero attached hydrogens (tertiary/aromatic N) is 5. The number of halogens is 1. The van der Waals surface area contributed by atoms with Crippen LogP contribution in [0, 0.1) is 0 Å². The first-order valence-electron chi connectivity index (χ1n) is 11.4. The van der Waals surface area contributed by atoms with Crippen molar-refractivity contribution in [2.24, 2.45) is 0 Å². The van der Waals surface area contributed by atoms with Crippen LogP contribution >= 0.6 is 15.9 Å². The molecule has 4 N–H and O–H groups in total. The van der Waals surface area contributed by atoms with Gasteiger partial charge in [0.1, 0.15) is 5.82 Å². The van der Waals surface area contributed by atoms with Crippen LogP contribution in [-0.2, 0) is 4.79 Å². The predicted octanol–water partition coefficient (Wildman–Crippen LogP) is 2.86. The van der Waals surface area contributed by atoms with Crippen LogP contribution in [0.25, 0.3) is 28.0 Å². The molecule has 180 valence electrons. The maximum Gasteiger partial charge on any atom is 0.253 e. The summed E-state index contributed by atoms with van der Waals surface area (Å²) in [4.78, 5) is 23.4. The summed E-state index contributed by atoms with van der Waals surface area (Å²) in [5.74, 6) is 0.0881. The minimum absolute atomic E-state index is 0.0772. The second-order valence-electron chi connectivity index (χ2n) is 8.59.